The fourth-order valence-electron chi connectivity index (χ4n) is 2.87. The van der Waals surface area contributed by atoms with E-state index in [1.807, 2.05) is 0 Å². The third-order valence-electron chi connectivity index (χ3n) is 4.26. The fourth-order valence-corrected chi connectivity index (χ4v) is 2.87. The van der Waals surface area contributed by atoms with Crippen molar-refractivity contribution in [3.63, 3.8) is 0 Å². The van der Waals surface area contributed by atoms with Crippen molar-refractivity contribution in [1.82, 2.24) is 15.1 Å². The second-order valence-electron chi connectivity index (χ2n) is 6.33. The molecule has 2 saturated heterocycles. The van der Waals surface area contributed by atoms with Crippen molar-refractivity contribution >= 4 is 23.7 Å². The topological polar surface area (TPSA) is 159 Å². The van der Waals surface area contributed by atoms with Crippen LogP contribution in [-0.2, 0) is 19.2 Å². The van der Waals surface area contributed by atoms with Crippen molar-refractivity contribution in [2.75, 3.05) is 39.3 Å². The van der Waals surface area contributed by atoms with Gasteiger partial charge in [-0.2, -0.15) is 0 Å². The van der Waals surface area contributed by atoms with E-state index in [0.29, 0.717) is 26.2 Å². The number of aliphatic hydroxyl groups excluding tert-OH is 1. The molecule has 2 rings (SSSR count). The van der Waals surface area contributed by atoms with Gasteiger partial charge in [0.2, 0.25) is 17.7 Å². The fraction of sp³-hybridized carbons (Fsp3) is 0.556. The summed E-state index contributed by atoms with van der Waals surface area (Å²) in [6.45, 7) is 8.90. The van der Waals surface area contributed by atoms with E-state index < -0.39 is 11.9 Å². The first-order chi connectivity index (χ1) is 12.8. The predicted molar refractivity (Wildman–Crippen MR) is 101 cm³/mol. The zero-order chi connectivity index (χ0) is 20.4. The molecule has 0 aromatic rings. The second-order valence-corrected chi connectivity index (χ2v) is 6.33. The molecule has 0 radical (unpaired) electrons. The largest absolute Gasteiger partial charge is 0.481 e. The molecule has 0 bridgehead atoms. The molecule has 2 fully saturated rings. The number of nitrogens with zero attached hydrogens (tertiary/aromatic N) is 2. The van der Waals surface area contributed by atoms with Gasteiger partial charge in [-0.25, -0.2) is 0 Å². The lowest BCUT2D eigenvalue weighted by atomic mass is 10.1. The van der Waals surface area contributed by atoms with Crippen LogP contribution < -0.4 is 5.32 Å². The Morgan fingerprint density at radius 2 is 1.50 bits per heavy atom. The smallest absolute Gasteiger partial charge is 0.308 e. The molecule has 0 spiro atoms. The minimum absolute atomic E-state index is 0. The van der Waals surface area contributed by atoms with Gasteiger partial charge >= 0.3 is 5.97 Å². The molecule has 2 aliphatic rings. The van der Waals surface area contributed by atoms with Crippen LogP contribution in [0.4, 0.5) is 0 Å². The molecule has 2 unspecified atom stereocenters. The first-order valence-corrected chi connectivity index (χ1v) is 8.72. The zero-order valence-corrected chi connectivity index (χ0v) is 15.8. The number of rotatable bonds is 8. The van der Waals surface area contributed by atoms with Gasteiger partial charge in [0.1, 0.15) is 0 Å². The standard InChI is InChI=1S/C10H16N2O3.C8H11NO3.H2O/c1-2-4-12-7-8(6-9(12)14)10(15)11-3-5-13;1-2-3-9-5-6(8(11)12)4-7(9)10;/h2,8,13H,1,3-7H2,(H,11,15);2,6H,1,3-5H2,(H,11,12);1H2. The molecule has 10 heteroatoms. The summed E-state index contributed by atoms with van der Waals surface area (Å²) in [4.78, 5) is 47.6. The van der Waals surface area contributed by atoms with Crippen molar-refractivity contribution in [2.45, 2.75) is 12.8 Å². The van der Waals surface area contributed by atoms with E-state index in [1.165, 1.54) is 4.90 Å². The summed E-state index contributed by atoms with van der Waals surface area (Å²) in [5, 5.41) is 19.7. The molecule has 158 valence electrons. The van der Waals surface area contributed by atoms with Crippen molar-refractivity contribution in [1.29, 1.82) is 0 Å². The van der Waals surface area contributed by atoms with E-state index in [9.17, 15) is 19.2 Å². The average molecular weight is 399 g/mol. The third kappa shape index (κ3) is 7.49. The number of carboxylic acids is 1. The van der Waals surface area contributed by atoms with Crippen LogP contribution in [0, 0.1) is 11.8 Å². The number of carbonyl (C=O) groups is 4. The molecular formula is C18H29N3O7. The molecular weight excluding hydrogens is 370 g/mol. The highest BCUT2D eigenvalue weighted by Crippen LogP contribution is 2.18. The van der Waals surface area contributed by atoms with Gasteiger partial charge in [-0.1, -0.05) is 12.2 Å². The number of hydrogen-bond acceptors (Lipinski definition) is 5. The molecule has 0 aromatic carbocycles. The van der Waals surface area contributed by atoms with Crippen LogP contribution in [-0.4, -0.2) is 88.5 Å². The van der Waals surface area contributed by atoms with E-state index in [-0.39, 0.29) is 55.1 Å². The Balaban J connectivity index is 0.000000514. The van der Waals surface area contributed by atoms with Crippen molar-refractivity contribution < 1.29 is 34.9 Å². The van der Waals surface area contributed by atoms with Crippen molar-refractivity contribution in [2.24, 2.45) is 11.8 Å². The van der Waals surface area contributed by atoms with E-state index in [2.05, 4.69) is 18.5 Å². The highest BCUT2D eigenvalue weighted by atomic mass is 16.4. The number of aliphatic carboxylic acids is 1. The van der Waals surface area contributed by atoms with E-state index in [1.54, 1.807) is 17.1 Å². The Morgan fingerprint density at radius 3 is 1.89 bits per heavy atom. The molecule has 2 heterocycles. The van der Waals surface area contributed by atoms with Crippen LogP contribution in [0.3, 0.4) is 0 Å². The van der Waals surface area contributed by atoms with Gasteiger partial charge in [-0.3, -0.25) is 19.2 Å². The first-order valence-electron chi connectivity index (χ1n) is 8.72. The van der Waals surface area contributed by atoms with Gasteiger partial charge in [-0.15, -0.1) is 13.2 Å². The lowest BCUT2D eigenvalue weighted by Crippen LogP contribution is -2.34. The minimum Gasteiger partial charge on any atom is -0.481 e. The lowest BCUT2D eigenvalue weighted by Gasteiger charge is -2.13. The second kappa shape index (κ2) is 12.6. The van der Waals surface area contributed by atoms with Gasteiger partial charge in [0.05, 0.1) is 18.4 Å². The first kappa shape index (κ1) is 25.3. The van der Waals surface area contributed by atoms with Crippen LogP contribution in [0.25, 0.3) is 0 Å². The molecule has 3 amide bonds. The van der Waals surface area contributed by atoms with E-state index in [0.717, 1.165) is 0 Å². The summed E-state index contributed by atoms with van der Waals surface area (Å²) in [7, 11) is 0. The lowest BCUT2D eigenvalue weighted by molar-refractivity contribution is -0.141. The van der Waals surface area contributed by atoms with Gasteiger partial charge in [0.25, 0.3) is 0 Å². The quantitative estimate of drug-likeness (QED) is 0.417. The molecule has 10 nitrogen and oxygen atoms in total. The number of amides is 3. The monoisotopic (exact) mass is 399 g/mol. The number of carbonyl (C=O) groups excluding carboxylic acids is 3. The van der Waals surface area contributed by atoms with Gasteiger partial charge in [-0.05, 0) is 0 Å². The molecule has 2 aliphatic heterocycles. The minimum atomic E-state index is -0.894. The summed E-state index contributed by atoms with van der Waals surface area (Å²) in [6, 6.07) is 0. The summed E-state index contributed by atoms with van der Waals surface area (Å²) in [6.07, 6.45) is 3.63. The Hall–Kier alpha value is -2.72. The molecule has 5 N–H and O–H groups in total. The SMILES string of the molecule is C=CCN1CC(C(=O)NCCO)CC1=O.C=CCN1CC(C(=O)O)CC1=O.O. The summed E-state index contributed by atoms with van der Waals surface area (Å²) in [5.41, 5.74) is 0. The Morgan fingerprint density at radius 1 is 1.04 bits per heavy atom. The maximum absolute atomic E-state index is 11.5. The van der Waals surface area contributed by atoms with E-state index in [4.69, 9.17) is 10.2 Å². The van der Waals surface area contributed by atoms with Gasteiger partial charge < -0.3 is 30.8 Å². The Labute approximate surface area is 163 Å². The van der Waals surface area contributed by atoms with Crippen LogP contribution in [0.15, 0.2) is 25.3 Å². The number of aliphatic hydroxyl groups is 1. The van der Waals surface area contributed by atoms with E-state index >= 15 is 0 Å². The molecule has 0 aliphatic carbocycles. The highest BCUT2D eigenvalue weighted by molar-refractivity contribution is 5.89. The number of likely N-dealkylation sites (tertiary alicyclic amines) is 2. The Kier molecular flexibility index (Phi) is 11.4. The van der Waals surface area contributed by atoms with Gasteiger partial charge in [0, 0.05) is 45.6 Å². The average Bonchev–Trinajstić information content (AvgIpc) is 3.18. The number of nitrogens with one attached hydrogen (secondary N) is 1. The normalized spacial score (nSPS) is 20.8. The summed E-state index contributed by atoms with van der Waals surface area (Å²) >= 11 is 0. The maximum atomic E-state index is 11.5. The molecule has 0 saturated carbocycles. The maximum Gasteiger partial charge on any atom is 0.308 e. The summed E-state index contributed by atoms with van der Waals surface area (Å²) < 4.78 is 0. The third-order valence-corrected chi connectivity index (χ3v) is 4.26. The zero-order valence-electron chi connectivity index (χ0n) is 15.8. The van der Waals surface area contributed by atoms with Crippen molar-refractivity contribution in [3.05, 3.63) is 25.3 Å². The summed E-state index contributed by atoms with van der Waals surface area (Å²) in [5.74, 6) is -1.98. The van der Waals surface area contributed by atoms with Crippen LogP contribution in [0.1, 0.15) is 12.8 Å². The Bertz CT molecular complexity index is 594. The van der Waals surface area contributed by atoms with Crippen LogP contribution >= 0.6 is 0 Å². The van der Waals surface area contributed by atoms with Crippen molar-refractivity contribution in [3.8, 4) is 0 Å². The number of hydrogen-bond donors (Lipinski definition) is 3. The molecule has 2 atom stereocenters. The number of carboxylic acid groups (broad SMARTS) is 1. The highest BCUT2D eigenvalue weighted by Gasteiger charge is 2.34. The predicted octanol–water partition coefficient (Wildman–Crippen LogP) is -1.59. The van der Waals surface area contributed by atoms with Crippen LogP contribution in [0.5, 0.6) is 0 Å². The molecule has 28 heavy (non-hydrogen) atoms. The van der Waals surface area contributed by atoms with Gasteiger partial charge in [0.15, 0.2) is 0 Å². The molecule has 0 aromatic heterocycles. The van der Waals surface area contributed by atoms with Crippen LogP contribution in [0.2, 0.25) is 0 Å².